The van der Waals surface area contributed by atoms with Crippen LogP contribution in [0.2, 0.25) is 0 Å². The zero-order valence-corrected chi connectivity index (χ0v) is 34.7. The van der Waals surface area contributed by atoms with Gasteiger partial charge in [-0.1, -0.05) is 158 Å². The number of rotatable bonds is 5. The van der Waals surface area contributed by atoms with Gasteiger partial charge < -0.3 is 14.7 Å². The Labute approximate surface area is 393 Å². The second-order valence-electron chi connectivity index (χ2n) is 16.9. The van der Waals surface area contributed by atoms with Crippen molar-refractivity contribution in [2.24, 2.45) is 0 Å². The fourth-order valence-corrected chi connectivity index (χ4v) is 11.4. The van der Waals surface area contributed by atoms with E-state index < -0.39 is 65.8 Å². The summed E-state index contributed by atoms with van der Waals surface area (Å²) in [4.78, 5) is 6.02. The number of anilines is 9. The summed E-state index contributed by atoms with van der Waals surface area (Å²) >= 11 is 0. The van der Waals surface area contributed by atoms with E-state index in [0.29, 0.717) is 0 Å². The summed E-state index contributed by atoms with van der Waals surface area (Å²) in [6, 6.07) is 57.3. The summed E-state index contributed by atoms with van der Waals surface area (Å²) in [5.41, 5.74) is 16.2. The Bertz CT molecular complexity index is 4010. The molecule has 0 radical (unpaired) electrons. The summed E-state index contributed by atoms with van der Waals surface area (Å²) in [6.07, 6.45) is 0. The fraction of sp³-hybridized carbons (Fsp3) is 0.0164. The summed E-state index contributed by atoms with van der Waals surface area (Å²) in [7, 11) is 0. The minimum Gasteiger partial charge on any atom is -0.311 e. The Balaban J connectivity index is 1.08. The normalized spacial score (nSPS) is 17.5. The lowest BCUT2D eigenvalue weighted by atomic mass is 9.33. The van der Waals surface area contributed by atoms with Crippen molar-refractivity contribution >= 4 is 74.3 Å². The number of fused-ring (bicyclic) bond motifs is 14. The average molecular weight is 836 g/mol. The molecule has 1 spiro atoms. The fourth-order valence-electron chi connectivity index (χ4n) is 11.4. The van der Waals surface area contributed by atoms with Crippen molar-refractivity contribution in [1.29, 1.82) is 0 Å². The molecule has 65 heavy (non-hydrogen) atoms. The molecule has 2 aliphatic carbocycles. The Morgan fingerprint density at radius 2 is 0.877 bits per heavy atom. The smallest absolute Gasteiger partial charge is 0.252 e. The van der Waals surface area contributed by atoms with Gasteiger partial charge in [0.1, 0.15) is 0 Å². The highest BCUT2D eigenvalue weighted by Crippen LogP contribution is 2.64. The van der Waals surface area contributed by atoms with E-state index in [-0.39, 0.29) is 23.8 Å². The number of nitrogens with zero attached hydrogens (tertiary/aromatic N) is 3. The number of para-hydroxylation sites is 5. The van der Waals surface area contributed by atoms with Crippen LogP contribution in [0.3, 0.4) is 0 Å². The molecule has 0 aromatic heterocycles. The minimum atomic E-state index is -1.01. The summed E-state index contributed by atoms with van der Waals surface area (Å²) in [5.74, 6) is 0. The molecule has 1 atom stereocenters. The van der Waals surface area contributed by atoms with Crippen LogP contribution in [0.5, 0.6) is 0 Å². The van der Waals surface area contributed by atoms with Crippen LogP contribution in [0, 0.1) is 0 Å². The first kappa shape index (κ1) is 27.7. The molecule has 2 heterocycles. The molecule has 10 aromatic carbocycles. The van der Waals surface area contributed by atoms with Crippen LogP contribution in [-0.4, -0.2) is 6.71 Å². The lowest BCUT2D eigenvalue weighted by Crippen LogP contribution is -2.61. The summed E-state index contributed by atoms with van der Waals surface area (Å²) in [6.45, 7) is -0.158. The second-order valence-corrected chi connectivity index (χ2v) is 16.9. The van der Waals surface area contributed by atoms with E-state index in [1.807, 2.05) is 36.4 Å². The van der Waals surface area contributed by atoms with Crippen molar-refractivity contribution in [2.75, 3.05) is 14.7 Å². The molecular formula is C61H40BN3. The second kappa shape index (κ2) is 13.8. The van der Waals surface area contributed by atoms with Crippen LogP contribution in [0.15, 0.2) is 242 Å². The van der Waals surface area contributed by atoms with Gasteiger partial charge in [0.15, 0.2) is 0 Å². The zero-order chi connectivity index (χ0) is 51.3. The SMILES string of the molecule is [2H]c1c([2H])c([2H])c(N(c2ccc3c(c2)C2(c4ccccc4-3)c3ccccc3-c3cc4c(cc32)N(c2ccccc2)c2cccc3c2B4c2ccccc2N3c2ccccc2)c2c([2H])c([2H])c([2H])c([2H])c2[2H])c([2H])c1[2H]. The highest BCUT2D eigenvalue weighted by molar-refractivity contribution is 7.00. The van der Waals surface area contributed by atoms with E-state index in [1.165, 1.54) is 15.8 Å². The molecule has 0 fully saturated rings. The highest BCUT2D eigenvalue weighted by Gasteiger charge is 2.53. The van der Waals surface area contributed by atoms with Gasteiger partial charge in [-0.15, -0.1) is 0 Å². The maximum Gasteiger partial charge on any atom is 0.252 e. The van der Waals surface area contributed by atoms with Crippen LogP contribution in [0.1, 0.15) is 36.0 Å². The maximum atomic E-state index is 9.27. The molecule has 0 N–H and O–H groups in total. The van der Waals surface area contributed by atoms with Gasteiger partial charge in [-0.3, -0.25) is 0 Å². The Morgan fingerprint density at radius 3 is 1.52 bits per heavy atom. The molecule has 0 amide bonds. The molecule has 14 rings (SSSR count). The quantitative estimate of drug-likeness (QED) is 0.160. The molecule has 4 aliphatic rings. The molecule has 0 saturated heterocycles. The van der Waals surface area contributed by atoms with Crippen molar-refractivity contribution in [3.05, 3.63) is 265 Å². The third kappa shape index (κ3) is 4.97. The monoisotopic (exact) mass is 835 g/mol. The van der Waals surface area contributed by atoms with E-state index in [4.69, 9.17) is 8.22 Å². The molecule has 1 unspecified atom stereocenters. The van der Waals surface area contributed by atoms with Gasteiger partial charge in [0.05, 0.1) is 19.1 Å². The van der Waals surface area contributed by atoms with Crippen LogP contribution >= 0.6 is 0 Å². The van der Waals surface area contributed by atoms with Crippen LogP contribution in [0.25, 0.3) is 22.3 Å². The Hall–Kier alpha value is -8.34. The molecule has 10 aromatic rings. The number of hydrogen-bond acceptors (Lipinski definition) is 3. The molecule has 3 nitrogen and oxygen atoms in total. The lowest BCUT2D eigenvalue weighted by molar-refractivity contribution is 0.793. The van der Waals surface area contributed by atoms with Gasteiger partial charge in [0.25, 0.3) is 6.71 Å². The maximum absolute atomic E-state index is 9.27. The van der Waals surface area contributed by atoms with E-state index in [9.17, 15) is 5.48 Å². The zero-order valence-electron chi connectivity index (χ0n) is 44.7. The first-order valence-electron chi connectivity index (χ1n) is 26.8. The van der Waals surface area contributed by atoms with Gasteiger partial charge in [-0.2, -0.15) is 0 Å². The molecular weight excluding hydrogens is 786 g/mol. The van der Waals surface area contributed by atoms with Gasteiger partial charge in [-0.25, -0.2) is 0 Å². The van der Waals surface area contributed by atoms with E-state index >= 15 is 0 Å². The summed E-state index contributed by atoms with van der Waals surface area (Å²) < 4.78 is 89.2. The van der Waals surface area contributed by atoms with Gasteiger partial charge in [0.2, 0.25) is 0 Å². The largest absolute Gasteiger partial charge is 0.311 e. The van der Waals surface area contributed by atoms with Crippen molar-refractivity contribution in [3.8, 4) is 22.3 Å². The van der Waals surface area contributed by atoms with E-state index in [1.54, 1.807) is 6.07 Å². The Kier molecular flexibility index (Phi) is 5.89. The van der Waals surface area contributed by atoms with Gasteiger partial charge in [-0.05, 0) is 146 Å². The topological polar surface area (TPSA) is 9.72 Å². The van der Waals surface area contributed by atoms with Crippen LogP contribution in [0.4, 0.5) is 51.2 Å². The predicted molar refractivity (Wildman–Crippen MR) is 271 cm³/mol. The van der Waals surface area contributed by atoms with Crippen molar-refractivity contribution in [3.63, 3.8) is 0 Å². The first-order valence-corrected chi connectivity index (χ1v) is 21.8. The molecule has 302 valence electrons. The standard InChI is InChI=1S/C61H40BN3/c1-5-20-41(21-6-1)63(42-22-7-2-8-23-42)45-36-37-48-46-28-13-15-30-50(46)61(52(48)38-45)51-31-16-14-29-47(51)49-39-55-59(40-53(49)61)65(44-26-11-4-12-27-44)58-35-19-34-57-60(58)62(55)54-32-17-18-33-56(54)64(57)43-24-9-3-10-25-43/h1-40H/i1D,2D,5D,6D,7D,8D,20D,21D,22D,23D. The summed E-state index contributed by atoms with van der Waals surface area (Å²) in [5, 5.41) is 0. The average Bonchev–Trinajstić information content (AvgIpc) is 4.17. The van der Waals surface area contributed by atoms with Crippen LogP contribution in [-0.2, 0) is 5.41 Å². The number of benzene rings is 10. The highest BCUT2D eigenvalue weighted by atomic mass is 15.2. The first-order chi connectivity index (χ1) is 36.4. The van der Waals surface area contributed by atoms with E-state index in [2.05, 4.69) is 149 Å². The third-order valence-corrected chi connectivity index (χ3v) is 13.8. The molecule has 0 saturated carbocycles. The van der Waals surface area contributed by atoms with Crippen molar-refractivity contribution in [1.82, 2.24) is 0 Å². The van der Waals surface area contributed by atoms with Crippen LogP contribution < -0.4 is 31.1 Å². The van der Waals surface area contributed by atoms with Crippen molar-refractivity contribution < 1.29 is 13.7 Å². The molecule has 4 heteroatoms. The van der Waals surface area contributed by atoms with Gasteiger partial charge >= 0.3 is 0 Å². The third-order valence-electron chi connectivity index (χ3n) is 13.8. The van der Waals surface area contributed by atoms with E-state index in [0.717, 1.165) is 84.1 Å². The molecule has 2 aliphatic heterocycles. The minimum absolute atomic E-state index is 0.158. The van der Waals surface area contributed by atoms with Crippen molar-refractivity contribution in [2.45, 2.75) is 5.41 Å². The lowest BCUT2D eigenvalue weighted by Gasteiger charge is -2.44. The Morgan fingerprint density at radius 1 is 0.369 bits per heavy atom. The number of hydrogen-bond donors (Lipinski definition) is 0. The molecule has 0 bridgehead atoms. The van der Waals surface area contributed by atoms with Gasteiger partial charge in [0, 0.05) is 51.2 Å². The predicted octanol–water partition coefficient (Wildman–Crippen LogP) is 13.6.